The number of hydrogen-bond donors (Lipinski definition) is 0. The highest BCUT2D eigenvalue weighted by atomic mass is 32.1. The molecule has 4 rings (SSSR count). The van der Waals surface area contributed by atoms with Gasteiger partial charge in [-0.1, -0.05) is 30.3 Å². The predicted molar refractivity (Wildman–Crippen MR) is 89.9 cm³/mol. The SMILES string of the molecule is COc1c(-c2ccccc2)oc2c(ccc3sccc32)c1=O. The summed E-state index contributed by atoms with van der Waals surface area (Å²) in [5, 5.41) is 3.50. The average Bonchev–Trinajstić information content (AvgIpc) is 3.04. The molecule has 4 heteroatoms. The molecule has 0 saturated carbocycles. The zero-order valence-electron chi connectivity index (χ0n) is 11.8. The van der Waals surface area contributed by atoms with E-state index in [4.69, 9.17) is 9.15 Å². The number of ether oxygens (including phenoxy) is 1. The van der Waals surface area contributed by atoms with Crippen LogP contribution in [-0.4, -0.2) is 7.11 Å². The minimum Gasteiger partial charge on any atom is -0.490 e. The second-order valence-corrected chi connectivity index (χ2v) is 5.88. The summed E-state index contributed by atoms with van der Waals surface area (Å²) in [6.45, 7) is 0. The monoisotopic (exact) mass is 308 g/mol. The van der Waals surface area contributed by atoms with E-state index in [1.54, 1.807) is 17.4 Å². The highest BCUT2D eigenvalue weighted by Gasteiger charge is 2.18. The van der Waals surface area contributed by atoms with Gasteiger partial charge in [0.25, 0.3) is 0 Å². The lowest BCUT2D eigenvalue weighted by Gasteiger charge is -2.09. The van der Waals surface area contributed by atoms with Crippen LogP contribution in [0.3, 0.4) is 0 Å². The Hall–Kier alpha value is -2.59. The zero-order valence-corrected chi connectivity index (χ0v) is 12.6. The molecule has 0 bridgehead atoms. The third-order valence-electron chi connectivity index (χ3n) is 3.69. The molecule has 0 fully saturated rings. The molecule has 4 aromatic rings. The Morgan fingerprint density at radius 1 is 1.00 bits per heavy atom. The van der Waals surface area contributed by atoms with Gasteiger partial charge in [-0.3, -0.25) is 4.79 Å². The first kappa shape index (κ1) is 13.1. The van der Waals surface area contributed by atoms with Crippen molar-refractivity contribution in [2.45, 2.75) is 0 Å². The molecule has 0 unspecified atom stereocenters. The van der Waals surface area contributed by atoms with E-state index in [0.717, 1.165) is 15.6 Å². The van der Waals surface area contributed by atoms with Crippen LogP contribution in [0.4, 0.5) is 0 Å². The summed E-state index contributed by atoms with van der Waals surface area (Å²) in [5.74, 6) is 0.715. The van der Waals surface area contributed by atoms with Crippen molar-refractivity contribution in [2.24, 2.45) is 0 Å². The maximum Gasteiger partial charge on any atom is 0.235 e. The Morgan fingerprint density at radius 3 is 2.59 bits per heavy atom. The third kappa shape index (κ3) is 1.84. The van der Waals surface area contributed by atoms with Crippen molar-refractivity contribution in [3.05, 3.63) is 64.1 Å². The number of benzene rings is 2. The van der Waals surface area contributed by atoms with Crippen molar-refractivity contribution in [3.63, 3.8) is 0 Å². The quantitative estimate of drug-likeness (QED) is 0.539. The van der Waals surface area contributed by atoms with E-state index in [9.17, 15) is 4.79 Å². The molecular formula is C18H12O3S. The Balaban J connectivity index is 2.18. The summed E-state index contributed by atoms with van der Waals surface area (Å²) >= 11 is 1.63. The Bertz CT molecular complexity index is 1030. The van der Waals surface area contributed by atoms with Gasteiger partial charge in [0.1, 0.15) is 5.58 Å². The van der Waals surface area contributed by atoms with Gasteiger partial charge in [-0.05, 0) is 23.6 Å². The molecule has 0 aliphatic heterocycles. The number of fused-ring (bicyclic) bond motifs is 3. The van der Waals surface area contributed by atoms with Gasteiger partial charge in [0.15, 0.2) is 5.76 Å². The highest BCUT2D eigenvalue weighted by Crippen LogP contribution is 2.34. The largest absolute Gasteiger partial charge is 0.490 e. The van der Waals surface area contributed by atoms with Gasteiger partial charge in [-0.25, -0.2) is 0 Å². The first-order chi connectivity index (χ1) is 10.8. The predicted octanol–water partition coefficient (Wildman–Crippen LogP) is 4.68. The Labute approximate surface area is 130 Å². The number of methoxy groups -OCH3 is 1. The molecule has 0 atom stereocenters. The van der Waals surface area contributed by atoms with Crippen LogP contribution in [0.15, 0.2) is 63.1 Å². The summed E-state index contributed by atoms with van der Waals surface area (Å²) in [5.41, 5.74) is 1.30. The molecule has 0 aliphatic carbocycles. The first-order valence-corrected chi connectivity index (χ1v) is 7.74. The number of rotatable bonds is 2. The van der Waals surface area contributed by atoms with Crippen LogP contribution in [0.1, 0.15) is 0 Å². The fourth-order valence-corrected chi connectivity index (χ4v) is 3.43. The lowest BCUT2D eigenvalue weighted by molar-refractivity contribution is 0.399. The number of thiophene rings is 1. The summed E-state index contributed by atoms with van der Waals surface area (Å²) in [4.78, 5) is 12.7. The van der Waals surface area contributed by atoms with Crippen LogP contribution in [0.5, 0.6) is 5.75 Å². The minimum atomic E-state index is -0.143. The molecule has 0 saturated heterocycles. The zero-order chi connectivity index (χ0) is 15.1. The van der Waals surface area contributed by atoms with Crippen LogP contribution >= 0.6 is 11.3 Å². The second-order valence-electron chi connectivity index (χ2n) is 4.93. The molecule has 2 aromatic heterocycles. The molecule has 0 spiro atoms. The van der Waals surface area contributed by atoms with Crippen molar-refractivity contribution < 1.29 is 9.15 Å². The molecule has 3 nitrogen and oxygen atoms in total. The smallest absolute Gasteiger partial charge is 0.235 e. The molecule has 0 radical (unpaired) electrons. The molecule has 2 heterocycles. The molecule has 0 amide bonds. The summed E-state index contributed by atoms with van der Waals surface area (Å²) < 4.78 is 12.5. The first-order valence-electron chi connectivity index (χ1n) is 6.86. The van der Waals surface area contributed by atoms with Gasteiger partial charge < -0.3 is 9.15 Å². The van der Waals surface area contributed by atoms with E-state index in [0.29, 0.717) is 16.7 Å². The van der Waals surface area contributed by atoms with Crippen LogP contribution in [-0.2, 0) is 0 Å². The van der Waals surface area contributed by atoms with Gasteiger partial charge in [0, 0.05) is 15.6 Å². The average molecular weight is 308 g/mol. The maximum absolute atomic E-state index is 12.7. The standard InChI is InChI=1S/C18H12O3S/c1-20-18-15(19)13-7-8-14-12(9-10-22-14)17(13)21-16(18)11-5-3-2-4-6-11/h2-10H,1H3. The van der Waals surface area contributed by atoms with E-state index >= 15 is 0 Å². The fourth-order valence-electron chi connectivity index (χ4n) is 2.64. The molecule has 22 heavy (non-hydrogen) atoms. The molecule has 108 valence electrons. The van der Waals surface area contributed by atoms with E-state index < -0.39 is 0 Å². The Morgan fingerprint density at radius 2 is 1.82 bits per heavy atom. The molecule has 0 N–H and O–H groups in total. The maximum atomic E-state index is 12.7. The minimum absolute atomic E-state index is 0.143. The highest BCUT2D eigenvalue weighted by molar-refractivity contribution is 7.17. The van der Waals surface area contributed by atoms with E-state index in [-0.39, 0.29) is 11.2 Å². The lowest BCUT2D eigenvalue weighted by atomic mass is 10.1. The van der Waals surface area contributed by atoms with Crippen molar-refractivity contribution in [3.8, 4) is 17.1 Å². The van der Waals surface area contributed by atoms with Gasteiger partial charge in [0.2, 0.25) is 11.2 Å². The van der Waals surface area contributed by atoms with Crippen molar-refractivity contribution in [1.29, 1.82) is 0 Å². The van der Waals surface area contributed by atoms with Crippen LogP contribution in [0.25, 0.3) is 32.4 Å². The summed E-state index contributed by atoms with van der Waals surface area (Å²) in [7, 11) is 1.49. The topological polar surface area (TPSA) is 39.4 Å². The van der Waals surface area contributed by atoms with E-state index in [1.807, 2.05) is 47.8 Å². The normalized spacial score (nSPS) is 11.1. The molecular weight excluding hydrogens is 296 g/mol. The molecule has 2 aromatic carbocycles. The lowest BCUT2D eigenvalue weighted by Crippen LogP contribution is -2.07. The van der Waals surface area contributed by atoms with Crippen molar-refractivity contribution >= 4 is 32.4 Å². The number of hydrogen-bond acceptors (Lipinski definition) is 4. The van der Waals surface area contributed by atoms with Crippen molar-refractivity contribution in [1.82, 2.24) is 0 Å². The second kappa shape index (κ2) is 5.00. The third-order valence-corrected chi connectivity index (χ3v) is 4.57. The van der Waals surface area contributed by atoms with Gasteiger partial charge in [0.05, 0.1) is 12.5 Å². The fraction of sp³-hybridized carbons (Fsp3) is 0.0556. The van der Waals surface area contributed by atoms with Gasteiger partial charge >= 0.3 is 0 Å². The molecule has 0 aliphatic rings. The van der Waals surface area contributed by atoms with Gasteiger partial charge in [-0.2, -0.15) is 0 Å². The Kier molecular flexibility index (Phi) is 2.98. The van der Waals surface area contributed by atoms with Crippen molar-refractivity contribution in [2.75, 3.05) is 7.11 Å². The van der Waals surface area contributed by atoms with E-state index in [2.05, 4.69) is 0 Å². The van der Waals surface area contributed by atoms with Crippen LogP contribution < -0.4 is 10.2 Å². The van der Waals surface area contributed by atoms with Crippen LogP contribution in [0.2, 0.25) is 0 Å². The van der Waals surface area contributed by atoms with E-state index in [1.165, 1.54) is 7.11 Å². The summed E-state index contributed by atoms with van der Waals surface area (Å²) in [6.07, 6.45) is 0. The summed E-state index contributed by atoms with van der Waals surface area (Å²) in [6, 6.07) is 15.3. The van der Waals surface area contributed by atoms with Gasteiger partial charge in [-0.15, -0.1) is 11.3 Å². The van der Waals surface area contributed by atoms with Crippen LogP contribution in [0, 0.1) is 0 Å².